The van der Waals surface area contributed by atoms with Gasteiger partial charge in [-0.2, -0.15) is 4.68 Å². The van der Waals surface area contributed by atoms with E-state index in [0.717, 1.165) is 5.69 Å². The van der Waals surface area contributed by atoms with Crippen molar-refractivity contribution < 1.29 is 4.79 Å². The van der Waals surface area contributed by atoms with Gasteiger partial charge in [-0.3, -0.25) is 4.79 Å². The third kappa shape index (κ3) is 4.67. The Morgan fingerprint density at radius 3 is 2.52 bits per heavy atom. The van der Waals surface area contributed by atoms with Gasteiger partial charge >= 0.3 is 0 Å². The topological polar surface area (TPSA) is 72.7 Å². The summed E-state index contributed by atoms with van der Waals surface area (Å²) in [5, 5.41) is 15.2. The maximum atomic E-state index is 12.1. The highest BCUT2D eigenvalue weighted by Gasteiger charge is 2.12. The van der Waals surface area contributed by atoms with Crippen LogP contribution in [0.3, 0.4) is 0 Å². The number of carbonyl (C=O) groups is 1. The molecule has 0 aliphatic heterocycles. The van der Waals surface area contributed by atoms with E-state index in [4.69, 9.17) is 0 Å². The van der Waals surface area contributed by atoms with Gasteiger partial charge in [0.25, 0.3) is 0 Å². The van der Waals surface area contributed by atoms with Crippen molar-refractivity contribution in [1.82, 2.24) is 25.5 Å². The van der Waals surface area contributed by atoms with Crippen LogP contribution >= 0.6 is 11.8 Å². The normalized spacial score (nSPS) is 11.9. The van der Waals surface area contributed by atoms with Crippen LogP contribution in [0.4, 0.5) is 0 Å². The van der Waals surface area contributed by atoms with Gasteiger partial charge in [0.05, 0.1) is 11.4 Å². The highest BCUT2D eigenvalue weighted by atomic mass is 32.2. The highest BCUT2D eigenvalue weighted by molar-refractivity contribution is 7.99. The summed E-state index contributed by atoms with van der Waals surface area (Å²) in [6, 6.07) is 19.7. The molecule has 0 aliphatic carbocycles. The number of aromatic nitrogens is 4. The number of para-hydroxylation sites is 1. The minimum Gasteiger partial charge on any atom is -0.355 e. The number of thioether (sulfide) groups is 1. The second-order valence-corrected chi connectivity index (χ2v) is 6.56. The lowest BCUT2D eigenvalue weighted by molar-refractivity contribution is -0.118. The van der Waals surface area contributed by atoms with Crippen LogP contribution in [0.2, 0.25) is 0 Å². The van der Waals surface area contributed by atoms with Crippen molar-refractivity contribution in [2.24, 2.45) is 0 Å². The maximum Gasteiger partial charge on any atom is 0.230 e. The molecule has 3 rings (SSSR count). The minimum atomic E-state index is -0.0320. The van der Waals surface area contributed by atoms with Crippen LogP contribution in [0.1, 0.15) is 18.4 Å². The molecule has 0 bridgehead atoms. The van der Waals surface area contributed by atoms with Crippen LogP contribution < -0.4 is 5.32 Å². The number of carbonyl (C=O) groups excluding carboxylic acids is 1. The van der Waals surface area contributed by atoms with E-state index in [0.29, 0.717) is 11.7 Å². The lowest BCUT2D eigenvalue weighted by atomic mass is 10.0. The van der Waals surface area contributed by atoms with Gasteiger partial charge in [0.1, 0.15) is 0 Å². The zero-order valence-electron chi connectivity index (χ0n) is 13.9. The third-order valence-corrected chi connectivity index (χ3v) is 4.67. The zero-order valence-corrected chi connectivity index (χ0v) is 14.7. The van der Waals surface area contributed by atoms with E-state index < -0.39 is 0 Å². The molecule has 0 radical (unpaired) electrons. The Morgan fingerprint density at radius 2 is 1.80 bits per heavy atom. The molecule has 0 aliphatic rings. The van der Waals surface area contributed by atoms with Crippen molar-refractivity contribution >= 4 is 17.7 Å². The summed E-state index contributed by atoms with van der Waals surface area (Å²) in [6.45, 7) is 2.70. The lowest BCUT2D eigenvalue weighted by Crippen LogP contribution is -2.29. The van der Waals surface area contributed by atoms with Crippen molar-refractivity contribution in [3.63, 3.8) is 0 Å². The molecular formula is C18H19N5OS. The van der Waals surface area contributed by atoms with Gasteiger partial charge in [0.15, 0.2) is 0 Å². The molecule has 0 spiro atoms. The SMILES string of the molecule is C[C@@H](CNC(=O)CSc1nnnn1-c1ccccc1)c1ccccc1. The van der Waals surface area contributed by atoms with Gasteiger partial charge in [-0.1, -0.05) is 67.2 Å². The van der Waals surface area contributed by atoms with Crippen molar-refractivity contribution in [3.05, 3.63) is 66.2 Å². The van der Waals surface area contributed by atoms with Crippen LogP contribution in [-0.2, 0) is 4.79 Å². The molecule has 1 amide bonds. The first-order valence-corrected chi connectivity index (χ1v) is 9.01. The summed E-state index contributed by atoms with van der Waals surface area (Å²) < 4.78 is 1.63. The molecule has 0 saturated carbocycles. The monoisotopic (exact) mass is 353 g/mol. The molecule has 0 fully saturated rings. The fourth-order valence-corrected chi connectivity index (χ4v) is 3.07. The first kappa shape index (κ1) is 17.2. The zero-order chi connectivity index (χ0) is 17.5. The Hall–Kier alpha value is -2.67. The van der Waals surface area contributed by atoms with Gasteiger partial charge in [-0.05, 0) is 34.0 Å². The fourth-order valence-electron chi connectivity index (χ4n) is 2.35. The van der Waals surface area contributed by atoms with Crippen molar-refractivity contribution in [3.8, 4) is 5.69 Å². The number of amides is 1. The molecule has 2 aromatic carbocycles. The van der Waals surface area contributed by atoms with Crippen LogP contribution in [0.5, 0.6) is 0 Å². The average molecular weight is 353 g/mol. The molecular weight excluding hydrogens is 334 g/mol. The molecule has 7 heteroatoms. The Kier molecular flexibility index (Phi) is 5.79. The Labute approximate surface area is 150 Å². The Morgan fingerprint density at radius 1 is 1.12 bits per heavy atom. The summed E-state index contributed by atoms with van der Waals surface area (Å²) >= 11 is 1.32. The number of nitrogens with zero attached hydrogens (tertiary/aromatic N) is 4. The molecule has 1 aromatic heterocycles. The van der Waals surface area contributed by atoms with Gasteiger partial charge in [0.2, 0.25) is 11.1 Å². The average Bonchev–Trinajstić information content (AvgIpc) is 3.14. The second-order valence-electron chi connectivity index (χ2n) is 5.61. The molecule has 25 heavy (non-hydrogen) atoms. The standard InChI is InChI=1S/C18H19N5OS/c1-14(15-8-4-2-5-9-15)12-19-17(24)13-25-18-20-21-22-23(18)16-10-6-3-7-11-16/h2-11,14H,12-13H2,1H3,(H,19,24)/t14-/m0/s1. The number of benzene rings is 2. The van der Waals surface area contributed by atoms with Crippen LogP contribution in [-0.4, -0.2) is 38.4 Å². The highest BCUT2D eigenvalue weighted by Crippen LogP contribution is 2.18. The van der Waals surface area contributed by atoms with Gasteiger partial charge < -0.3 is 5.32 Å². The quantitative estimate of drug-likeness (QED) is 0.661. The molecule has 3 aromatic rings. The van der Waals surface area contributed by atoms with Gasteiger partial charge in [-0.25, -0.2) is 0 Å². The Bertz CT molecular complexity index is 807. The van der Waals surface area contributed by atoms with Crippen molar-refractivity contribution in [2.45, 2.75) is 18.0 Å². The molecule has 0 unspecified atom stereocenters. The van der Waals surface area contributed by atoms with E-state index >= 15 is 0 Å². The summed E-state index contributed by atoms with van der Waals surface area (Å²) in [5.41, 5.74) is 2.08. The molecule has 1 N–H and O–H groups in total. The second kappa shape index (κ2) is 8.43. The smallest absolute Gasteiger partial charge is 0.230 e. The van der Waals surface area contributed by atoms with E-state index in [1.165, 1.54) is 17.3 Å². The number of hydrogen-bond acceptors (Lipinski definition) is 5. The van der Waals surface area contributed by atoms with E-state index in [2.05, 4.69) is 39.9 Å². The van der Waals surface area contributed by atoms with E-state index in [1.807, 2.05) is 48.5 Å². The number of nitrogens with one attached hydrogen (secondary N) is 1. The predicted molar refractivity (Wildman–Crippen MR) is 97.7 cm³/mol. The number of rotatable bonds is 7. The van der Waals surface area contributed by atoms with E-state index in [-0.39, 0.29) is 17.6 Å². The third-order valence-electron chi connectivity index (χ3n) is 3.75. The summed E-state index contributed by atoms with van der Waals surface area (Å²) in [6.07, 6.45) is 0. The largest absolute Gasteiger partial charge is 0.355 e. The summed E-state index contributed by atoms with van der Waals surface area (Å²) in [5.74, 6) is 0.509. The van der Waals surface area contributed by atoms with Crippen molar-refractivity contribution in [2.75, 3.05) is 12.3 Å². The fraction of sp³-hybridized carbons (Fsp3) is 0.222. The molecule has 1 heterocycles. The summed E-state index contributed by atoms with van der Waals surface area (Å²) in [4.78, 5) is 12.1. The lowest BCUT2D eigenvalue weighted by Gasteiger charge is -2.12. The van der Waals surface area contributed by atoms with Crippen LogP contribution in [0.25, 0.3) is 5.69 Å². The first-order valence-electron chi connectivity index (χ1n) is 8.02. The molecule has 128 valence electrons. The molecule has 1 atom stereocenters. The number of tetrazole rings is 1. The van der Waals surface area contributed by atoms with Gasteiger partial charge in [-0.15, -0.1) is 5.10 Å². The van der Waals surface area contributed by atoms with Crippen LogP contribution in [0.15, 0.2) is 65.8 Å². The summed E-state index contributed by atoms with van der Waals surface area (Å²) in [7, 11) is 0. The van der Waals surface area contributed by atoms with E-state index in [1.54, 1.807) is 4.68 Å². The van der Waals surface area contributed by atoms with E-state index in [9.17, 15) is 4.79 Å². The minimum absolute atomic E-state index is 0.0320. The number of hydrogen-bond donors (Lipinski definition) is 1. The van der Waals surface area contributed by atoms with Crippen molar-refractivity contribution in [1.29, 1.82) is 0 Å². The maximum absolute atomic E-state index is 12.1. The van der Waals surface area contributed by atoms with Crippen LogP contribution in [0, 0.1) is 0 Å². The Balaban J connectivity index is 1.51. The predicted octanol–water partition coefficient (Wildman–Crippen LogP) is 2.67. The molecule has 0 saturated heterocycles. The first-order chi connectivity index (χ1) is 12.2. The van der Waals surface area contributed by atoms with Gasteiger partial charge in [0, 0.05) is 6.54 Å². The molecule has 6 nitrogen and oxygen atoms in total.